The summed E-state index contributed by atoms with van der Waals surface area (Å²) in [5, 5.41) is 15.4. The molecule has 2 rings (SSSR count). The Morgan fingerprint density at radius 2 is 2.00 bits per heavy atom. The number of aromatic nitrogens is 2. The summed E-state index contributed by atoms with van der Waals surface area (Å²) in [4.78, 5) is 10.9. The van der Waals surface area contributed by atoms with Crippen LogP contribution in [0.1, 0.15) is 24.3 Å². The average Bonchev–Trinajstić information content (AvgIpc) is 2.91. The van der Waals surface area contributed by atoms with Crippen LogP contribution >= 0.6 is 0 Å². The van der Waals surface area contributed by atoms with E-state index in [4.69, 9.17) is 14.6 Å². The van der Waals surface area contributed by atoms with Crippen molar-refractivity contribution in [2.45, 2.75) is 13.8 Å². The predicted molar refractivity (Wildman–Crippen MR) is 73.3 cm³/mol. The first-order chi connectivity index (χ1) is 9.65. The fraction of sp³-hybridized carbons (Fsp3) is 0.286. The summed E-state index contributed by atoms with van der Waals surface area (Å²) < 4.78 is 11.0. The van der Waals surface area contributed by atoms with Gasteiger partial charge in [-0.25, -0.2) is 4.79 Å². The molecule has 0 fully saturated rings. The predicted octanol–water partition coefficient (Wildman–Crippen LogP) is 2.57. The van der Waals surface area contributed by atoms with E-state index >= 15 is 0 Å². The molecule has 0 saturated heterocycles. The Morgan fingerprint density at radius 3 is 2.60 bits per heavy atom. The molecule has 106 valence electrons. The molecular weight excluding hydrogens is 260 g/mol. The summed E-state index contributed by atoms with van der Waals surface area (Å²) in [5.41, 5.74) is 1.23. The molecule has 2 aromatic rings. The molecule has 0 saturated carbocycles. The summed E-state index contributed by atoms with van der Waals surface area (Å²) >= 11 is 0. The number of aromatic carboxylic acids is 1. The standard InChI is InChI=1S/C14H16N2O4/c1-3-19-9-5-6-13(20-4-2)10(7-9)11-8-12(14(17)18)16-15-11/h5-8H,3-4H2,1-2H3,(H,15,16)(H,17,18). The number of benzene rings is 1. The number of hydrogen-bond acceptors (Lipinski definition) is 4. The van der Waals surface area contributed by atoms with Crippen LogP contribution in [0.2, 0.25) is 0 Å². The summed E-state index contributed by atoms with van der Waals surface area (Å²) in [6.45, 7) is 4.84. The van der Waals surface area contributed by atoms with E-state index in [2.05, 4.69) is 10.2 Å². The minimum Gasteiger partial charge on any atom is -0.494 e. The highest BCUT2D eigenvalue weighted by Crippen LogP contribution is 2.32. The van der Waals surface area contributed by atoms with Gasteiger partial charge in [-0.1, -0.05) is 0 Å². The number of nitrogens with one attached hydrogen (secondary N) is 1. The van der Waals surface area contributed by atoms with Gasteiger partial charge in [0.2, 0.25) is 0 Å². The molecule has 6 nitrogen and oxygen atoms in total. The van der Waals surface area contributed by atoms with Crippen LogP contribution in [0.3, 0.4) is 0 Å². The van der Waals surface area contributed by atoms with Crippen molar-refractivity contribution in [2.24, 2.45) is 0 Å². The fourth-order valence-electron chi connectivity index (χ4n) is 1.82. The van der Waals surface area contributed by atoms with Crippen LogP contribution in [0.15, 0.2) is 24.3 Å². The summed E-state index contributed by atoms with van der Waals surface area (Å²) in [6.07, 6.45) is 0. The SMILES string of the molecule is CCOc1ccc(OCC)c(-c2cc(C(=O)O)[nH]n2)c1. The highest BCUT2D eigenvalue weighted by Gasteiger charge is 2.14. The van der Waals surface area contributed by atoms with Crippen LogP contribution in [0, 0.1) is 0 Å². The van der Waals surface area contributed by atoms with Crippen molar-refractivity contribution in [3.63, 3.8) is 0 Å². The van der Waals surface area contributed by atoms with Gasteiger partial charge < -0.3 is 14.6 Å². The van der Waals surface area contributed by atoms with E-state index in [1.807, 2.05) is 19.9 Å². The van der Waals surface area contributed by atoms with Gasteiger partial charge in [0.15, 0.2) is 0 Å². The zero-order valence-electron chi connectivity index (χ0n) is 11.3. The second-order valence-electron chi connectivity index (χ2n) is 4.00. The number of rotatable bonds is 6. The van der Waals surface area contributed by atoms with Crippen molar-refractivity contribution in [3.05, 3.63) is 30.0 Å². The maximum Gasteiger partial charge on any atom is 0.353 e. The van der Waals surface area contributed by atoms with Gasteiger partial charge in [0.1, 0.15) is 17.2 Å². The Morgan fingerprint density at radius 1 is 1.25 bits per heavy atom. The van der Waals surface area contributed by atoms with Crippen LogP contribution in [0.5, 0.6) is 11.5 Å². The van der Waals surface area contributed by atoms with E-state index in [0.717, 1.165) is 0 Å². The van der Waals surface area contributed by atoms with Crippen LogP contribution < -0.4 is 9.47 Å². The molecule has 0 aliphatic carbocycles. The molecule has 20 heavy (non-hydrogen) atoms. The highest BCUT2D eigenvalue weighted by molar-refractivity contribution is 5.87. The lowest BCUT2D eigenvalue weighted by molar-refractivity contribution is 0.0690. The second kappa shape index (κ2) is 6.10. The third kappa shape index (κ3) is 2.90. The topological polar surface area (TPSA) is 84.4 Å². The molecule has 0 aliphatic rings. The molecule has 1 aromatic heterocycles. The van der Waals surface area contributed by atoms with Crippen LogP contribution in [-0.4, -0.2) is 34.5 Å². The zero-order valence-corrected chi connectivity index (χ0v) is 11.3. The lowest BCUT2D eigenvalue weighted by Crippen LogP contribution is -1.97. The first-order valence-electron chi connectivity index (χ1n) is 6.34. The first-order valence-corrected chi connectivity index (χ1v) is 6.34. The number of ether oxygens (including phenoxy) is 2. The normalized spacial score (nSPS) is 10.3. The number of carboxylic acid groups (broad SMARTS) is 1. The lowest BCUT2D eigenvalue weighted by Gasteiger charge is -2.10. The van der Waals surface area contributed by atoms with Gasteiger partial charge in [0, 0.05) is 5.56 Å². The monoisotopic (exact) mass is 276 g/mol. The maximum absolute atomic E-state index is 10.9. The largest absolute Gasteiger partial charge is 0.494 e. The molecule has 0 unspecified atom stereocenters. The van der Waals surface area contributed by atoms with Gasteiger partial charge in [-0.2, -0.15) is 5.10 Å². The average molecular weight is 276 g/mol. The van der Waals surface area contributed by atoms with E-state index in [1.54, 1.807) is 12.1 Å². The van der Waals surface area contributed by atoms with Crippen molar-refractivity contribution in [3.8, 4) is 22.8 Å². The molecule has 0 aliphatic heterocycles. The fourth-order valence-corrected chi connectivity index (χ4v) is 1.82. The van der Waals surface area contributed by atoms with Crippen LogP contribution in [-0.2, 0) is 0 Å². The smallest absolute Gasteiger partial charge is 0.353 e. The van der Waals surface area contributed by atoms with Crippen molar-refractivity contribution in [2.75, 3.05) is 13.2 Å². The summed E-state index contributed by atoms with van der Waals surface area (Å²) in [5.74, 6) is 0.271. The number of H-pyrrole nitrogens is 1. The first kappa shape index (κ1) is 13.9. The molecule has 1 heterocycles. The summed E-state index contributed by atoms with van der Waals surface area (Å²) in [7, 11) is 0. The van der Waals surface area contributed by atoms with E-state index in [1.165, 1.54) is 6.07 Å². The minimum absolute atomic E-state index is 0.0317. The van der Waals surface area contributed by atoms with Gasteiger partial charge in [-0.15, -0.1) is 0 Å². The number of carbonyl (C=O) groups is 1. The van der Waals surface area contributed by atoms with E-state index < -0.39 is 5.97 Å². The molecule has 6 heteroatoms. The molecule has 0 spiro atoms. The molecule has 0 radical (unpaired) electrons. The third-order valence-electron chi connectivity index (χ3n) is 2.65. The number of aromatic amines is 1. The Bertz CT molecular complexity index is 607. The zero-order chi connectivity index (χ0) is 14.5. The molecule has 0 bridgehead atoms. The number of nitrogens with zero attached hydrogens (tertiary/aromatic N) is 1. The Kier molecular flexibility index (Phi) is 4.24. The quantitative estimate of drug-likeness (QED) is 0.847. The van der Waals surface area contributed by atoms with Crippen molar-refractivity contribution < 1.29 is 19.4 Å². The van der Waals surface area contributed by atoms with Crippen LogP contribution in [0.25, 0.3) is 11.3 Å². The van der Waals surface area contributed by atoms with Gasteiger partial charge in [-0.05, 0) is 38.1 Å². The van der Waals surface area contributed by atoms with Gasteiger partial charge in [0.05, 0.1) is 18.9 Å². The summed E-state index contributed by atoms with van der Waals surface area (Å²) in [6, 6.07) is 6.86. The van der Waals surface area contributed by atoms with E-state index in [-0.39, 0.29) is 5.69 Å². The van der Waals surface area contributed by atoms with Gasteiger partial charge in [0.25, 0.3) is 0 Å². The third-order valence-corrected chi connectivity index (χ3v) is 2.65. The Labute approximate surface area is 116 Å². The Balaban J connectivity index is 2.44. The minimum atomic E-state index is -1.05. The molecule has 1 aromatic carbocycles. The number of hydrogen-bond donors (Lipinski definition) is 2. The van der Waals surface area contributed by atoms with Crippen molar-refractivity contribution in [1.29, 1.82) is 0 Å². The molecular formula is C14H16N2O4. The van der Waals surface area contributed by atoms with Gasteiger partial charge >= 0.3 is 5.97 Å². The van der Waals surface area contributed by atoms with Crippen LogP contribution in [0.4, 0.5) is 0 Å². The lowest BCUT2D eigenvalue weighted by atomic mass is 10.1. The van der Waals surface area contributed by atoms with Gasteiger partial charge in [-0.3, -0.25) is 5.10 Å². The number of carboxylic acids is 1. The molecule has 0 atom stereocenters. The second-order valence-corrected chi connectivity index (χ2v) is 4.00. The highest BCUT2D eigenvalue weighted by atomic mass is 16.5. The molecule has 2 N–H and O–H groups in total. The van der Waals surface area contributed by atoms with E-state index in [0.29, 0.717) is 36.0 Å². The van der Waals surface area contributed by atoms with Crippen molar-refractivity contribution in [1.82, 2.24) is 10.2 Å². The van der Waals surface area contributed by atoms with E-state index in [9.17, 15) is 4.79 Å². The maximum atomic E-state index is 10.9. The molecule has 0 amide bonds. The van der Waals surface area contributed by atoms with Crippen molar-refractivity contribution >= 4 is 5.97 Å². The Hall–Kier alpha value is -2.50.